The lowest BCUT2D eigenvalue weighted by molar-refractivity contribution is -0.138. The van der Waals surface area contributed by atoms with Crippen molar-refractivity contribution < 1.29 is 14.3 Å². The zero-order valence-corrected chi connectivity index (χ0v) is 21.6. The van der Waals surface area contributed by atoms with E-state index in [0.29, 0.717) is 38.6 Å². The Morgan fingerprint density at radius 2 is 1.74 bits per heavy atom. The third-order valence-electron chi connectivity index (χ3n) is 7.20. The number of fused-ring (bicyclic) bond motifs is 1. The van der Waals surface area contributed by atoms with Gasteiger partial charge in [0, 0.05) is 19.9 Å². The minimum atomic E-state index is -0.681. The summed E-state index contributed by atoms with van der Waals surface area (Å²) < 4.78 is 7.88. The van der Waals surface area contributed by atoms with E-state index in [2.05, 4.69) is 10.3 Å². The summed E-state index contributed by atoms with van der Waals surface area (Å²) in [4.78, 5) is 28.6. The van der Waals surface area contributed by atoms with Crippen molar-refractivity contribution in [3.63, 3.8) is 0 Å². The van der Waals surface area contributed by atoms with Gasteiger partial charge in [-0.2, -0.15) is 0 Å². The Kier molecular flexibility index (Phi) is 7.79. The highest BCUT2D eigenvalue weighted by molar-refractivity contribution is 5.91. The summed E-state index contributed by atoms with van der Waals surface area (Å²) in [5, 5.41) is 8.22. The topological polar surface area (TPSA) is 103 Å². The maximum absolute atomic E-state index is 13.5. The molecule has 5 rings (SSSR count). The lowest BCUT2D eigenvalue weighted by Gasteiger charge is -2.26. The fourth-order valence-corrected chi connectivity index (χ4v) is 5.10. The number of hydrogen-bond acceptors (Lipinski definition) is 6. The van der Waals surface area contributed by atoms with Crippen molar-refractivity contribution >= 4 is 22.7 Å². The molecule has 8 heteroatoms. The van der Waals surface area contributed by atoms with Gasteiger partial charge in [0.05, 0.1) is 24.1 Å². The second-order valence-electron chi connectivity index (χ2n) is 9.93. The zero-order valence-electron chi connectivity index (χ0n) is 21.6. The minimum Gasteiger partial charge on any atom is -0.488 e. The van der Waals surface area contributed by atoms with Crippen LogP contribution in [0.2, 0.25) is 0 Å². The molecule has 1 amide bonds. The van der Waals surface area contributed by atoms with Gasteiger partial charge >= 0.3 is 0 Å². The number of nitrogens with two attached hydrogens (primary N) is 1. The van der Waals surface area contributed by atoms with Crippen molar-refractivity contribution in [1.82, 2.24) is 19.9 Å². The van der Waals surface area contributed by atoms with Gasteiger partial charge in [-0.3, -0.25) is 9.59 Å². The monoisotopic (exact) mass is 511 g/mol. The fraction of sp³-hybridized carbons (Fsp3) is 0.333. The molecule has 0 bridgehead atoms. The average molecular weight is 512 g/mol. The Labute approximate surface area is 222 Å². The first-order valence-corrected chi connectivity index (χ1v) is 13.1. The molecule has 1 aliphatic heterocycles. The van der Waals surface area contributed by atoms with Crippen molar-refractivity contribution in [2.24, 2.45) is 12.8 Å². The number of benzene rings is 3. The highest BCUT2D eigenvalue weighted by Gasteiger charge is 2.41. The van der Waals surface area contributed by atoms with Crippen LogP contribution in [0.5, 0.6) is 5.75 Å². The first-order chi connectivity index (χ1) is 18.5. The number of carbonyl (C=O) groups excluding carboxylic acids is 2. The number of aromatic nitrogens is 3. The van der Waals surface area contributed by atoms with E-state index in [1.165, 1.54) is 0 Å². The van der Waals surface area contributed by atoms with E-state index in [0.717, 1.165) is 27.9 Å². The zero-order chi connectivity index (χ0) is 26.5. The molecule has 8 nitrogen and oxygen atoms in total. The lowest BCUT2D eigenvalue weighted by Crippen LogP contribution is -2.49. The minimum absolute atomic E-state index is 0.0204. The van der Waals surface area contributed by atoms with Gasteiger partial charge in [-0.25, -0.2) is 4.68 Å². The van der Waals surface area contributed by atoms with Gasteiger partial charge in [-0.1, -0.05) is 59.8 Å². The molecule has 2 heterocycles. The molecule has 38 heavy (non-hydrogen) atoms. The van der Waals surface area contributed by atoms with Gasteiger partial charge in [0.1, 0.15) is 17.4 Å². The molecule has 1 aromatic heterocycles. The number of likely N-dealkylation sites (tertiary alicyclic amines) is 1. The van der Waals surface area contributed by atoms with E-state index in [1.54, 1.807) is 9.58 Å². The van der Waals surface area contributed by atoms with Gasteiger partial charge in [-0.05, 0) is 54.7 Å². The van der Waals surface area contributed by atoms with E-state index < -0.39 is 12.1 Å². The largest absolute Gasteiger partial charge is 0.488 e. The first kappa shape index (κ1) is 25.6. The highest BCUT2D eigenvalue weighted by atomic mass is 16.5. The second kappa shape index (κ2) is 11.6. The summed E-state index contributed by atoms with van der Waals surface area (Å²) in [6.45, 7) is 0.342. The van der Waals surface area contributed by atoms with Crippen LogP contribution in [0, 0.1) is 0 Å². The fourth-order valence-electron chi connectivity index (χ4n) is 5.10. The summed E-state index contributed by atoms with van der Waals surface area (Å²) in [6, 6.07) is 24.2. The number of Topliss-reactive ketones (excluding diaryl/α,β-unsaturated/α-hetero) is 1. The molecule has 1 aliphatic rings. The molecule has 1 fully saturated rings. The summed E-state index contributed by atoms with van der Waals surface area (Å²) >= 11 is 0. The number of ether oxygens (including phenoxy) is 1. The van der Waals surface area contributed by atoms with Crippen molar-refractivity contribution in [3.8, 4) is 5.75 Å². The maximum Gasteiger partial charge on any atom is 0.240 e. The molecular weight excluding hydrogens is 478 g/mol. The van der Waals surface area contributed by atoms with Crippen LogP contribution < -0.4 is 10.5 Å². The molecule has 2 N–H and O–H groups in total. The Bertz CT molecular complexity index is 1390. The van der Waals surface area contributed by atoms with Crippen molar-refractivity contribution in [2.75, 3.05) is 6.54 Å². The molecule has 0 unspecified atom stereocenters. The van der Waals surface area contributed by atoms with Crippen LogP contribution in [-0.2, 0) is 29.5 Å². The summed E-state index contributed by atoms with van der Waals surface area (Å²) in [6.07, 6.45) is 2.28. The predicted molar refractivity (Wildman–Crippen MR) is 146 cm³/mol. The number of amides is 1. The highest BCUT2D eigenvalue weighted by Crippen LogP contribution is 2.26. The molecule has 3 aromatic carbocycles. The second-order valence-corrected chi connectivity index (χ2v) is 9.93. The molecule has 0 saturated carbocycles. The van der Waals surface area contributed by atoms with Crippen molar-refractivity contribution in [3.05, 3.63) is 90.0 Å². The van der Waals surface area contributed by atoms with Gasteiger partial charge in [0.2, 0.25) is 5.91 Å². The van der Waals surface area contributed by atoms with E-state index in [9.17, 15) is 9.59 Å². The van der Waals surface area contributed by atoms with Crippen LogP contribution >= 0.6 is 0 Å². The molecule has 0 aliphatic carbocycles. The number of ketones is 1. The first-order valence-electron chi connectivity index (χ1n) is 13.1. The molecule has 0 radical (unpaired) electrons. The van der Waals surface area contributed by atoms with Crippen LogP contribution in [0.3, 0.4) is 0 Å². The SMILES string of the molecule is Cn1nnc2cc(CCC(=O)[C@@H]3C[C@@H](Oc4ccccc4)CN3C(=O)[C@H](N)CCc3ccccc3)ccc21. The van der Waals surface area contributed by atoms with Crippen molar-refractivity contribution in [1.29, 1.82) is 0 Å². The molecular formula is C30H33N5O3. The van der Waals surface area contributed by atoms with E-state index in [1.807, 2.05) is 85.9 Å². The molecule has 0 spiro atoms. The Morgan fingerprint density at radius 3 is 2.50 bits per heavy atom. The standard InChI is InChI=1S/C30H33N5O3/c1-34-27-16-13-22(18-26(27)32-33-34)14-17-29(36)28-19-24(38-23-10-6-3-7-11-23)20-35(28)30(37)25(31)15-12-21-8-4-2-5-9-21/h2-11,13,16,18,24-25,28H,12,14-15,17,19-20,31H2,1H3/t24-,25-,28+/m1/s1. The summed E-state index contributed by atoms with van der Waals surface area (Å²) in [5.41, 5.74) is 10.3. The van der Waals surface area contributed by atoms with E-state index >= 15 is 0 Å². The summed E-state index contributed by atoms with van der Waals surface area (Å²) in [7, 11) is 1.85. The third-order valence-corrected chi connectivity index (χ3v) is 7.20. The number of para-hydroxylation sites is 1. The van der Waals surface area contributed by atoms with Crippen LogP contribution in [0.4, 0.5) is 0 Å². The number of nitrogens with zero attached hydrogens (tertiary/aromatic N) is 4. The molecule has 196 valence electrons. The van der Waals surface area contributed by atoms with Gasteiger partial charge < -0.3 is 15.4 Å². The van der Waals surface area contributed by atoms with Crippen molar-refractivity contribution in [2.45, 2.75) is 50.3 Å². The summed E-state index contributed by atoms with van der Waals surface area (Å²) in [5.74, 6) is 0.551. The number of carbonyl (C=O) groups is 2. The third kappa shape index (κ3) is 5.92. The number of rotatable bonds is 10. The predicted octanol–water partition coefficient (Wildman–Crippen LogP) is 3.48. The van der Waals surface area contributed by atoms with Gasteiger partial charge in [0.15, 0.2) is 5.78 Å². The van der Waals surface area contributed by atoms with Crippen LogP contribution in [-0.4, -0.2) is 56.3 Å². The average Bonchev–Trinajstić information content (AvgIpc) is 3.54. The maximum atomic E-state index is 13.5. The molecule has 1 saturated heterocycles. The normalized spacial score (nSPS) is 18.0. The van der Waals surface area contributed by atoms with Crippen LogP contribution in [0.15, 0.2) is 78.9 Å². The Balaban J connectivity index is 1.26. The number of aryl methyl sites for hydroxylation is 3. The molecule has 3 atom stereocenters. The van der Waals surface area contributed by atoms with E-state index in [-0.39, 0.29) is 17.8 Å². The van der Waals surface area contributed by atoms with Gasteiger partial charge in [-0.15, -0.1) is 5.10 Å². The van der Waals surface area contributed by atoms with Gasteiger partial charge in [0.25, 0.3) is 0 Å². The molecule has 4 aromatic rings. The number of hydrogen-bond donors (Lipinski definition) is 1. The lowest BCUT2D eigenvalue weighted by atomic mass is 10.00. The van der Waals surface area contributed by atoms with Crippen LogP contribution in [0.1, 0.15) is 30.4 Å². The quantitative estimate of drug-likeness (QED) is 0.350. The van der Waals surface area contributed by atoms with E-state index in [4.69, 9.17) is 10.5 Å². The smallest absolute Gasteiger partial charge is 0.240 e. The Hall–Kier alpha value is -4.04. The van der Waals surface area contributed by atoms with Crippen LogP contribution in [0.25, 0.3) is 11.0 Å². The Morgan fingerprint density at radius 1 is 1.00 bits per heavy atom.